The Bertz CT molecular complexity index is 683. The van der Waals surface area contributed by atoms with Crippen molar-refractivity contribution in [2.45, 2.75) is 6.92 Å². The van der Waals surface area contributed by atoms with E-state index in [1.807, 2.05) is 0 Å². The zero-order valence-electron chi connectivity index (χ0n) is 12.0. The summed E-state index contributed by atoms with van der Waals surface area (Å²) in [7, 11) is 1.52. The van der Waals surface area contributed by atoms with E-state index in [1.54, 1.807) is 6.92 Å². The third-order valence-electron chi connectivity index (χ3n) is 2.80. The zero-order chi connectivity index (χ0) is 16.3. The number of nitrogens with zero attached hydrogens (tertiary/aromatic N) is 2. The number of esters is 1. The molecule has 22 heavy (non-hydrogen) atoms. The molecule has 2 aromatic rings. The van der Waals surface area contributed by atoms with E-state index in [2.05, 4.69) is 5.10 Å². The molecule has 118 valence electrons. The number of hydrogen-bond donors (Lipinski definition) is 1. The minimum atomic E-state index is -0.619. The highest BCUT2D eigenvalue weighted by Gasteiger charge is 2.16. The predicted octanol–water partition coefficient (Wildman–Crippen LogP) is 2.53. The van der Waals surface area contributed by atoms with Crippen LogP contribution in [0.5, 0.6) is 11.6 Å². The van der Waals surface area contributed by atoms with Gasteiger partial charge in [-0.3, -0.25) is 0 Å². The molecule has 0 radical (unpaired) electrons. The van der Waals surface area contributed by atoms with Gasteiger partial charge in [0.05, 0.1) is 17.3 Å². The average molecular weight is 329 g/mol. The molecule has 0 aliphatic rings. The van der Waals surface area contributed by atoms with Crippen molar-refractivity contribution in [3.8, 4) is 22.9 Å². The Hall–Kier alpha value is -2.28. The van der Waals surface area contributed by atoms with Crippen molar-refractivity contribution in [3.05, 3.63) is 29.0 Å². The first-order valence-corrected chi connectivity index (χ1v) is 6.81. The van der Waals surface area contributed by atoms with Crippen LogP contribution in [0.1, 0.15) is 6.92 Å². The number of carbonyl (C=O) groups excluding carboxylic acids is 1. The van der Waals surface area contributed by atoms with Crippen LogP contribution in [0.3, 0.4) is 0 Å². The molecule has 0 unspecified atom stereocenters. The first kappa shape index (κ1) is 16.1. The Morgan fingerprint density at radius 2 is 2.18 bits per heavy atom. The van der Waals surface area contributed by atoms with Crippen molar-refractivity contribution in [3.63, 3.8) is 0 Å². The molecule has 0 atom stereocenters. The molecule has 0 aliphatic carbocycles. The molecule has 1 aromatic carbocycles. The van der Waals surface area contributed by atoms with E-state index in [4.69, 9.17) is 21.1 Å². The van der Waals surface area contributed by atoms with Gasteiger partial charge in [-0.2, -0.15) is 5.10 Å². The van der Waals surface area contributed by atoms with Crippen LogP contribution in [0.25, 0.3) is 11.3 Å². The fraction of sp³-hybridized carbons (Fsp3) is 0.286. The fourth-order valence-corrected chi connectivity index (χ4v) is 1.97. The second kappa shape index (κ2) is 6.65. The first-order valence-electron chi connectivity index (χ1n) is 6.43. The van der Waals surface area contributed by atoms with Gasteiger partial charge in [-0.25, -0.2) is 13.9 Å². The molecule has 0 amide bonds. The number of ether oxygens (including phenoxy) is 2. The molecule has 0 fully saturated rings. The lowest BCUT2D eigenvalue weighted by Crippen LogP contribution is -2.14. The largest absolute Gasteiger partial charge is 0.493 e. The Balaban J connectivity index is 2.28. The van der Waals surface area contributed by atoms with Crippen LogP contribution in [0.4, 0.5) is 4.39 Å². The molecular weight excluding hydrogens is 315 g/mol. The quantitative estimate of drug-likeness (QED) is 0.854. The third kappa shape index (κ3) is 3.48. The summed E-state index contributed by atoms with van der Waals surface area (Å²) in [5.74, 6) is -1.17. The second-order valence-electron chi connectivity index (χ2n) is 4.37. The number of benzene rings is 1. The van der Waals surface area contributed by atoms with Gasteiger partial charge in [0.2, 0.25) is 5.88 Å². The molecule has 0 saturated heterocycles. The van der Waals surface area contributed by atoms with Crippen molar-refractivity contribution >= 4 is 17.6 Å². The number of carbonyl (C=O) groups is 1. The van der Waals surface area contributed by atoms with Crippen molar-refractivity contribution in [1.82, 2.24) is 9.78 Å². The highest BCUT2D eigenvalue weighted by Crippen LogP contribution is 2.33. The van der Waals surface area contributed by atoms with Gasteiger partial charge in [-0.15, -0.1) is 0 Å². The molecule has 6 nitrogen and oxygen atoms in total. The lowest BCUT2D eigenvalue weighted by Gasteiger charge is -2.09. The highest BCUT2D eigenvalue weighted by molar-refractivity contribution is 6.32. The number of halogens is 2. The van der Waals surface area contributed by atoms with E-state index >= 15 is 0 Å². The van der Waals surface area contributed by atoms with Gasteiger partial charge in [-0.05, 0) is 19.1 Å². The van der Waals surface area contributed by atoms with Crippen LogP contribution in [0.2, 0.25) is 5.02 Å². The minimum absolute atomic E-state index is 0.0192. The van der Waals surface area contributed by atoms with Crippen LogP contribution in [0.15, 0.2) is 18.2 Å². The topological polar surface area (TPSA) is 73.6 Å². The predicted molar refractivity (Wildman–Crippen MR) is 77.4 cm³/mol. The van der Waals surface area contributed by atoms with Gasteiger partial charge < -0.3 is 14.6 Å². The van der Waals surface area contributed by atoms with Gasteiger partial charge >= 0.3 is 5.97 Å². The number of hydrogen-bond acceptors (Lipinski definition) is 5. The highest BCUT2D eigenvalue weighted by atomic mass is 35.5. The van der Waals surface area contributed by atoms with E-state index < -0.39 is 11.8 Å². The van der Waals surface area contributed by atoms with Crippen molar-refractivity contribution < 1.29 is 23.8 Å². The van der Waals surface area contributed by atoms with E-state index in [1.165, 1.54) is 23.9 Å². The van der Waals surface area contributed by atoms with Crippen LogP contribution in [0, 0.1) is 5.82 Å². The number of rotatable bonds is 5. The smallest absolute Gasteiger partial charge is 0.344 e. The maximum absolute atomic E-state index is 14.0. The average Bonchev–Trinajstić information content (AvgIpc) is 2.78. The van der Waals surface area contributed by atoms with Crippen LogP contribution < -0.4 is 4.74 Å². The summed E-state index contributed by atoms with van der Waals surface area (Å²) in [5.41, 5.74) is 0.314. The molecule has 0 saturated carbocycles. The van der Waals surface area contributed by atoms with Gasteiger partial charge in [0.15, 0.2) is 6.61 Å². The molecule has 2 rings (SSSR count). The van der Waals surface area contributed by atoms with Gasteiger partial charge in [0.1, 0.15) is 11.6 Å². The summed E-state index contributed by atoms with van der Waals surface area (Å²) in [5, 5.41) is 13.5. The van der Waals surface area contributed by atoms with E-state index in [0.29, 0.717) is 0 Å². The van der Waals surface area contributed by atoms with Crippen molar-refractivity contribution in [1.29, 1.82) is 0 Å². The molecule has 1 N–H and O–H groups in total. The van der Waals surface area contributed by atoms with Crippen LogP contribution >= 0.6 is 11.6 Å². The number of aromatic hydroxyl groups is 1. The SMILES string of the molecule is CCOC(=O)COc1cc(-c2cc(O)n(C)n2)c(F)cc1Cl. The molecule has 8 heteroatoms. The number of aryl methyl sites for hydroxylation is 1. The Morgan fingerprint density at radius 3 is 2.77 bits per heavy atom. The maximum Gasteiger partial charge on any atom is 0.344 e. The monoisotopic (exact) mass is 328 g/mol. The summed E-state index contributed by atoms with van der Waals surface area (Å²) >= 11 is 5.89. The van der Waals surface area contributed by atoms with E-state index in [0.717, 1.165) is 6.07 Å². The lowest BCUT2D eigenvalue weighted by atomic mass is 10.1. The van der Waals surface area contributed by atoms with E-state index in [-0.39, 0.29) is 41.1 Å². The van der Waals surface area contributed by atoms with Gasteiger partial charge in [0.25, 0.3) is 0 Å². The normalized spacial score (nSPS) is 10.5. The van der Waals surface area contributed by atoms with Gasteiger partial charge in [-0.1, -0.05) is 11.6 Å². The Labute approximate surface area is 131 Å². The zero-order valence-corrected chi connectivity index (χ0v) is 12.7. The second-order valence-corrected chi connectivity index (χ2v) is 4.77. The summed E-state index contributed by atoms with van der Waals surface area (Å²) in [4.78, 5) is 11.3. The van der Waals surface area contributed by atoms with Crippen LogP contribution in [-0.2, 0) is 16.6 Å². The first-order chi connectivity index (χ1) is 10.4. The standard InChI is InChI=1S/C14H14ClFN2O4/c1-3-21-14(20)7-22-12-4-8(10(16)5-9(12)15)11-6-13(19)18(2)17-11/h4-6,19H,3,7H2,1-2H3. The summed E-state index contributed by atoms with van der Waals surface area (Å²) in [6.07, 6.45) is 0. The van der Waals surface area contributed by atoms with E-state index in [9.17, 15) is 14.3 Å². The third-order valence-corrected chi connectivity index (χ3v) is 3.10. The van der Waals surface area contributed by atoms with Crippen LogP contribution in [-0.4, -0.2) is 34.1 Å². The molecule has 1 heterocycles. The minimum Gasteiger partial charge on any atom is -0.493 e. The molecule has 0 aliphatic heterocycles. The fourth-order valence-electron chi connectivity index (χ4n) is 1.76. The van der Waals surface area contributed by atoms with Crippen molar-refractivity contribution in [2.24, 2.45) is 7.05 Å². The summed E-state index contributed by atoms with van der Waals surface area (Å²) < 4.78 is 25.2. The summed E-state index contributed by atoms with van der Waals surface area (Å²) in [6, 6.07) is 3.68. The molecular formula is C14H14ClFN2O4. The molecule has 0 spiro atoms. The Morgan fingerprint density at radius 1 is 1.45 bits per heavy atom. The maximum atomic E-state index is 14.0. The summed E-state index contributed by atoms with van der Waals surface area (Å²) in [6.45, 7) is 1.57. The van der Waals surface area contributed by atoms with Gasteiger partial charge in [0, 0.05) is 18.7 Å². The lowest BCUT2D eigenvalue weighted by molar-refractivity contribution is -0.145. The van der Waals surface area contributed by atoms with Crippen molar-refractivity contribution in [2.75, 3.05) is 13.2 Å². The molecule has 0 bridgehead atoms. The molecule has 1 aromatic heterocycles. The number of aromatic nitrogens is 2. The Kier molecular flexibility index (Phi) is 4.87.